The number of H-pyrrole nitrogens is 2. The van der Waals surface area contributed by atoms with Crippen LogP contribution in [0.1, 0.15) is 110 Å². The van der Waals surface area contributed by atoms with Crippen LogP contribution in [0.15, 0.2) is 101 Å². The summed E-state index contributed by atoms with van der Waals surface area (Å²) in [6.07, 6.45) is 10.4. The fourth-order valence-corrected chi connectivity index (χ4v) is 7.11. The van der Waals surface area contributed by atoms with Crippen molar-refractivity contribution in [1.82, 2.24) is 9.97 Å². The molecule has 1 fully saturated rings. The Morgan fingerprint density at radius 3 is 1.61 bits per heavy atom. The maximum absolute atomic E-state index is 12.1. The lowest BCUT2D eigenvalue weighted by molar-refractivity contribution is -0.141. The zero-order chi connectivity index (χ0) is 42.6. The smallest absolute Gasteiger partial charge is 0.320 e. The summed E-state index contributed by atoms with van der Waals surface area (Å²) >= 11 is 0. The normalized spacial score (nSPS) is 12.7. The third-order valence-corrected chi connectivity index (χ3v) is 9.74. The van der Waals surface area contributed by atoms with Crippen molar-refractivity contribution in [3.05, 3.63) is 151 Å². The van der Waals surface area contributed by atoms with Gasteiger partial charge >= 0.3 is 5.97 Å². The second-order valence-electron chi connectivity index (χ2n) is 13.8. The molecule has 3 aliphatic carbocycles. The Hall–Kier alpha value is -6.98. The molecule has 0 atom stereocenters. The first-order valence-electron chi connectivity index (χ1n) is 19.8. The molecule has 11 nitrogen and oxygen atoms in total. The van der Waals surface area contributed by atoms with Crippen LogP contribution in [0.5, 0.6) is 0 Å². The maximum Gasteiger partial charge on any atom is 0.320 e. The Bertz CT molecular complexity index is 2430. The molecule has 3 aromatic carbocycles. The van der Waals surface area contributed by atoms with Crippen LogP contribution in [0.3, 0.4) is 0 Å². The predicted octanol–water partition coefficient (Wildman–Crippen LogP) is 8.72. The van der Waals surface area contributed by atoms with Gasteiger partial charge in [0.25, 0.3) is 11.1 Å². The van der Waals surface area contributed by atoms with Crippen LogP contribution in [-0.4, -0.2) is 40.4 Å². The third kappa shape index (κ3) is 12.8. The number of nitrogens with zero attached hydrogens (tertiary/aromatic N) is 2. The largest absolute Gasteiger partial charge is 0.465 e. The van der Waals surface area contributed by atoms with Crippen molar-refractivity contribution in [1.29, 1.82) is 10.5 Å². The summed E-state index contributed by atoms with van der Waals surface area (Å²) in [5.74, 6) is -0.167. The first kappa shape index (κ1) is 44.7. The molecule has 1 saturated carbocycles. The zero-order valence-electron chi connectivity index (χ0n) is 33.5. The predicted molar refractivity (Wildman–Crippen MR) is 230 cm³/mol. The molecular formula is C48H52N4O7. The van der Waals surface area contributed by atoms with Crippen molar-refractivity contribution in [2.45, 2.75) is 84.5 Å². The van der Waals surface area contributed by atoms with Gasteiger partial charge in [-0.1, -0.05) is 91.0 Å². The van der Waals surface area contributed by atoms with Crippen LogP contribution in [0.25, 0.3) is 22.3 Å². The van der Waals surface area contributed by atoms with E-state index in [0.717, 1.165) is 121 Å². The SMILES string of the molecule is CC(=O)c1c(-c2ccccc2)c2c([nH]c1=O)CCC2.CCOC(=O)CC#N.N#Cc1c(-c2ccccc2)c2c([nH]c1=O)CCC2.O=C1CCCC1.O=Cc1ccccc1.[HH].[HH]. The fourth-order valence-electron chi connectivity index (χ4n) is 7.11. The van der Waals surface area contributed by atoms with E-state index in [9.17, 15) is 34.0 Å². The number of rotatable bonds is 6. The van der Waals surface area contributed by atoms with E-state index in [1.165, 1.54) is 6.92 Å². The Balaban J connectivity index is 0.000000280. The Labute approximate surface area is 346 Å². The molecule has 0 radical (unpaired) electrons. The number of nitrogens with one attached hydrogen (secondary N) is 2. The van der Waals surface area contributed by atoms with Crippen molar-refractivity contribution >= 4 is 23.8 Å². The lowest BCUT2D eigenvalue weighted by atomic mass is 9.93. The van der Waals surface area contributed by atoms with Crippen molar-refractivity contribution in [2.75, 3.05) is 6.61 Å². The summed E-state index contributed by atoms with van der Waals surface area (Å²) in [4.78, 5) is 72.1. The van der Waals surface area contributed by atoms with Crippen LogP contribution in [-0.2, 0) is 40.0 Å². The van der Waals surface area contributed by atoms with E-state index in [-0.39, 0.29) is 31.7 Å². The Kier molecular flexibility index (Phi) is 17.7. The molecule has 8 rings (SSSR count). The highest BCUT2D eigenvalue weighted by molar-refractivity contribution is 6.01. The summed E-state index contributed by atoms with van der Waals surface area (Å²) < 4.78 is 4.42. The lowest BCUT2D eigenvalue weighted by Crippen LogP contribution is -2.20. The number of carbonyl (C=O) groups excluding carboxylic acids is 4. The summed E-state index contributed by atoms with van der Waals surface area (Å²) in [5.41, 5.74) is 8.58. The number of ketones is 2. The highest BCUT2D eigenvalue weighted by Gasteiger charge is 2.24. The first-order chi connectivity index (χ1) is 28.6. The minimum atomic E-state index is -0.449. The Morgan fingerprint density at radius 2 is 1.19 bits per heavy atom. The second kappa shape index (κ2) is 23.3. The molecule has 0 unspecified atom stereocenters. The summed E-state index contributed by atoms with van der Waals surface area (Å²) in [6.45, 7) is 3.51. The van der Waals surface area contributed by atoms with Crippen molar-refractivity contribution in [3.8, 4) is 34.4 Å². The molecule has 306 valence electrons. The van der Waals surface area contributed by atoms with Crippen LogP contribution in [0.2, 0.25) is 0 Å². The van der Waals surface area contributed by atoms with Gasteiger partial charge in [-0.25, -0.2) is 0 Å². The van der Waals surface area contributed by atoms with Crippen LogP contribution in [0, 0.1) is 22.7 Å². The number of carbonyl (C=O) groups is 4. The summed E-state index contributed by atoms with van der Waals surface area (Å²) in [7, 11) is 0. The average molecular weight is 797 g/mol. The van der Waals surface area contributed by atoms with Crippen LogP contribution in [0.4, 0.5) is 0 Å². The molecule has 59 heavy (non-hydrogen) atoms. The zero-order valence-corrected chi connectivity index (χ0v) is 33.5. The molecule has 2 N–H and O–H groups in total. The van der Waals surface area contributed by atoms with Gasteiger partial charge in [0.2, 0.25) is 0 Å². The molecular weight excluding hydrogens is 745 g/mol. The minimum absolute atomic E-state index is 0. The molecule has 0 amide bonds. The number of Topliss-reactive ketones (excluding diaryl/α,β-unsaturated/α-hetero) is 2. The molecule has 2 aromatic heterocycles. The van der Waals surface area contributed by atoms with Gasteiger partial charge < -0.3 is 14.7 Å². The van der Waals surface area contributed by atoms with Gasteiger partial charge in [-0.15, -0.1) is 0 Å². The van der Waals surface area contributed by atoms with Crippen molar-refractivity contribution in [3.63, 3.8) is 0 Å². The third-order valence-electron chi connectivity index (χ3n) is 9.74. The number of aromatic amines is 2. The van der Waals surface area contributed by atoms with E-state index in [0.29, 0.717) is 18.0 Å². The number of nitriles is 2. The fraction of sp³-hybridized carbons (Fsp3) is 0.292. The van der Waals surface area contributed by atoms with Gasteiger partial charge in [0.1, 0.15) is 30.1 Å². The van der Waals surface area contributed by atoms with E-state index in [2.05, 4.69) is 14.7 Å². The molecule has 0 saturated heterocycles. The maximum atomic E-state index is 12.1. The number of aromatic nitrogens is 2. The molecule has 0 spiro atoms. The van der Waals surface area contributed by atoms with E-state index >= 15 is 0 Å². The number of esters is 1. The number of fused-ring (bicyclic) bond motifs is 2. The minimum Gasteiger partial charge on any atom is -0.465 e. The van der Waals surface area contributed by atoms with E-state index in [1.54, 1.807) is 25.1 Å². The molecule has 3 aliphatic rings. The van der Waals surface area contributed by atoms with Gasteiger partial charge in [0, 0.05) is 43.8 Å². The van der Waals surface area contributed by atoms with Crippen LogP contribution < -0.4 is 11.1 Å². The number of aryl methyl sites for hydroxylation is 2. The number of hydrogen-bond acceptors (Lipinski definition) is 9. The number of ether oxygens (including phenoxy) is 1. The van der Waals surface area contributed by atoms with E-state index in [1.807, 2.05) is 84.9 Å². The highest BCUT2D eigenvalue weighted by Crippen LogP contribution is 2.33. The topological polar surface area (TPSA) is 191 Å². The average Bonchev–Trinajstić information content (AvgIpc) is 4.05. The molecule has 5 aromatic rings. The number of pyridine rings is 2. The van der Waals surface area contributed by atoms with E-state index < -0.39 is 5.97 Å². The molecule has 0 bridgehead atoms. The van der Waals surface area contributed by atoms with Gasteiger partial charge in [0.05, 0.1) is 18.2 Å². The highest BCUT2D eigenvalue weighted by atomic mass is 16.5. The summed E-state index contributed by atoms with van der Waals surface area (Å²) in [5, 5.41) is 17.1. The van der Waals surface area contributed by atoms with Crippen molar-refractivity contribution in [2.24, 2.45) is 0 Å². The molecule has 0 aliphatic heterocycles. The molecule has 2 heterocycles. The second-order valence-corrected chi connectivity index (χ2v) is 13.8. The van der Waals surface area contributed by atoms with E-state index in [4.69, 9.17) is 5.26 Å². The monoisotopic (exact) mass is 796 g/mol. The van der Waals surface area contributed by atoms with Crippen LogP contribution >= 0.6 is 0 Å². The van der Waals surface area contributed by atoms with Gasteiger partial charge in [-0.3, -0.25) is 28.8 Å². The summed E-state index contributed by atoms with van der Waals surface area (Å²) in [6, 6.07) is 32.2. The molecule has 11 heteroatoms. The van der Waals surface area contributed by atoms with Gasteiger partial charge in [-0.2, -0.15) is 10.5 Å². The quantitative estimate of drug-likeness (QED) is 0.0961. The van der Waals surface area contributed by atoms with Gasteiger partial charge in [0.15, 0.2) is 5.78 Å². The van der Waals surface area contributed by atoms with Crippen molar-refractivity contribution < 1.29 is 26.8 Å². The standard InChI is InChI=1S/C16H15NO2.C15H12N2O.C7H6O.C5H7NO2.C5H8O.2H2/c1-10(18)14-15(11-6-3-2-4-7-11)12-8-5-9-13(12)17-16(14)19;16-9-12-14(10-5-2-1-3-6-10)11-7-4-8-13(11)17-15(12)18;8-6-7-4-2-1-3-5-7;1-2-8-5(7)3-4-6;6-5-3-1-2-4-5;;/h2-4,6-7H,5,8-9H2,1H3,(H,17,19);1-3,5-6H,4,7-8H2,(H,17,18);1-6H;2-3H2,1H3;1-4H2;2*1H. The lowest BCUT2D eigenvalue weighted by Gasteiger charge is -2.12. The number of hydrogen-bond donors (Lipinski definition) is 2. The first-order valence-corrected chi connectivity index (χ1v) is 19.8. The van der Waals surface area contributed by atoms with Gasteiger partial charge in [-0.05, 0) is 87.5 Å². The number of benzene rings is 3. The Morgan fingerprint density at radius 1 is 0.695 bits per heavy atom. The number of aldehydes is 1.